The van der Waals surface area contributed by atoms with Crippen LogP contribution in [0.2, 0.25) is 5.02 Å². The van der Waals surface area contributed by atoms with Crippen LogP contribution in [-0.2, 0) is 16.1 Å². The fourth-order valence-corrected chi connectivity index (χ4v) is 1.54. The van der Waals surface area contributed by atoms with E-state index in [-0.39, 0.29) is 5.02 Å². The van der Waals surface area contributed by atoms with Crippen molar-refractivity contribution in [2.24, 2.45) is 0 Å². The average Bonchev–Trinajstić information content (AvgIpc) is 2.43. The van der Waals surface area contributed by atoms with Crippen LogP contribution in [0.5, 0.6) is 0 Å². The Morgan fingerprint density at radius 2 is 1.71 bits per heavy atom. The van der Waals surface area contributed by atoms with Crippen LogP contribution < -0.4 is 0 Å². The first-order valence-corrected chi connectivity index (χ1v) is 6.02. The number of nitro benzene ring substituents is 1. The third-order valence-corrected chi connectivity index (χ3v) is 2.84. The van der Waals surface area contributed by atoms with E-state index in [4.69, 9.17) is 11.6 Å². The van der Waals surface area contributed by atoms with E-state index >= 15 is 0 Å². The lowest BCUT2D eigenvalue weighted by Crippen LogP contribution is -2.56. The second-order valence-electron chi connectivity index (χ2n) is 4.25. The van der Waals surface area contributed by atoms with Gasteiger partial charge in [-0.15, -0.1) is 0 Å². The first kappa shape index (κ1) is 19.9. The van der Waals surface area contributed by atoms with E-state index in [1.54, 1.807) is 0 Å². The molecule has 0 saturated heterocycles. The number of ether oxygens (including phenoxy) is 1. The molecule has 0 radical (unpaired) electrons. The molecule has 0 amide bonds. The number of rotatable bonds is 5. The molecule has 134 valence electrons. The number of nitrogens with zero attached hydrogens (tertiary/aromatic N) is 1. The first-order chi connectivity index (χ1) is 10.7. The van der Waals surface area contributed by atoms with Gasteiger partial charge in [0, 0.05) is 11.1 Å². The van der Waals surface area contributed by atoms with Gasteiger partial charge < -0.3 is 4.74 Å². The largest absolute Gasteiger partial charge is 0.460 e. The Bertz CT molecular complexity index is 662. The molecule has 1 aromatic rings. The predicted molar refractivity (Wildman–Crippen MR) is 63.9 cm³/mol. The molecule has 0 spiro atoms. The normalized spacial score (nSPS) is 12.8. The molecule has 0 unspecified atom stereocenters. The van der Waals surface area contributed by atoms with Gasteiger partial charge in [0.2, 0.25) is 0 Å². The minimum absolute atomic E-state index is 0.147. The van der Waals surface area contributed by atoms with E-state index in [0.717, 1.165) is 18.2 Å². The molecule has 0 fully saturated rings. The summed E-state index contributed by atoms with van der Waals surface area (Å²) in [6, 6.07) is 2.63. The van der Waals surface area contributed by atoms with Crippen LogP contribution in [0.15, 0.2) is 18.2 Å². The summed E-state index contributed by atoms with van der Waals surface area (Å²) in [6.45, 7) is -1.34. The predicted octanol–water partition coefficient (Wildman–Crippen LogP) is 4.12. The number of hydrogen-bond donors (Lipinski definition) is 0. The summed E-state index contributed by atoms with van der Waals surface area (Å²) in [5, 5.41) is 10.5. The second kappa shape index (κ2) is 6.42. The molecule has 13 heteroatoms. The molecule has 0 atom stereocenters. The zero-order chi connectivity index (χ0) is 18.9. The zero-order valence-electron chi connectivity index (χ0n) is 11.0. The zero-order valence-corrected chi connectivity index (χ0v) is 11.8. The molecule has 0 aliphatic rings. The minimum atomic E-state index is -6.71. The van der Waals surface area contributed by atoms with Crippen LogP contribution in [-0.4, -0.2) is 28.9 Å². The van der Waals surface area contributed by atoms with Crippen molar-refractivity contribution in [1.29, 1.82) is 0 Å². The van der Waals surface area contributed by atoms with E-state index < -0.39 is 46.8 Å². The Hall–Kier alpha value is -2.11. The fraction of sp³-hybridized carbons (Fsp3) is 0.364. The monoisotopic (exact) mass is 383 g/mol. The summed E-state index contributed by atoms with van der Waals surface area (Å²) in [6.07, 6.45) is -6.71. The summed E-state index contributed by atoms with van der Waals surface area (Å²) >= 11 is 5.45. The number of benzene rings is 1. The highest BCUT2D eigenvalue weighted by Crippen LogP contribution is 2.47. The summed E-state index contributed by atoms with van der Waals surface area (Å²) < 4.78 is 90.8. The van der Waals surface area contributed by atoms with Gasteiger partial charge in [0.25, 0.3) is 5.69 Å². The van der Waals surface area contributed by atoms with Gasteiger partial charge in [0.15, 0.2) is 0 Å². The maximum atomic E-state index is 13.0. The molecule has 0 aromatic heterocycles. The molecule has 24 heavy (non-hydrogen) atoms. The van der Waals surface area contributed by atoms with Crippen molar-refractivity contribution in [3.63, 3.8) is 0 Å². The number of carbonyl (C=O) groups is 1. The molecule has 0 aliphatic heterocycles. The Balaban J connectivity index is 3.00. The smallest absolute Gasteiger partial charge is 0.456 e. The molecule has 0 aliphatic carbocycles. The maximum Gasteiger partial charge on any atom is 0.460 e. The van der Waals surface area contributed by atoms with E-state index in [2.05, 4.69) is 4.74 Å². The summed E-state index contributed by atoms with van der Waals surface area (Å²) in [5.41, 5.74) is -1.34. The van der Waals surface area contributed by atoms with Crippen LogP contribution in [0.25, 0.3) is 0 Å². The highest BCUT2D eigenvalue weighted by atomic mass is 35.5. The highest BCUT2D eigenvalue weighted by molar-refractivity contribution is 6.30. The summed E-state index contributed by atoms with van der Waals surface area (Å²) in [7, 11) is 0. The lowest BCUT2D eigenvalue weighted by atomic mass is 10.1. The van der Waals surface area contributed by atoms with Gasteiger partial charge in [-0.25, -0.2) is 4.79 Å². The SMILES string of the molecule is O=C(OCc1ccc(Cl)cc1[N+](=O)[O-])C(F)(F)C(F)(F)C(F)(F)F. The molecule has 0 bridgehead atoms. The Labute approximate surface area is 133 Å². The Morgan fingerprint density at radius 3 is 2.17 bits per heavy atom. The molecule has 0 saturated carbocycles. The van der Waals surface area contributed by atoms with Crippen LogP contribution in [0, 0.1) is 10.1 Å². The number of esters is 1. The summed E-state index contributed by atoms with van der Waals surface area (Å²) in [4.78, 5) is 20.6. The van der Waals surface area contributed by atoms with Crippen LogP contribution >= 0.6 is 11.6 Å². The van der Waals surface area contributed by atoms with Crippen molar-refractivity contribution in [3.8, 4) is 0 Å². The van der Waals surface area contributed by atoms with Gasteiger partial charge in [-0.1, -0.05) is 11.6 Å². The fourth-order valence-electron chi connectivity index (χ4n) is 1.37. The van der Waals surface area contributed by atoms with Crippen molar-refractivity contribution in [1.82, 2.24) is 0 Å². The second-order valence-corrected chi connectivity index (χ2v) is 4.69. The van der Waals surface area contributed by atoms with E-state index in [1.807, 2.05) is 0 Å². The topological polar surface area (TPSA) is 69.4 Å². The molecule has 0 N–H and O–H groups in total. The van der Waals surface area contributed by atoms with Crippen LogP contribution in [0.3, 0.4) is 0 Å². The van der Waals surface area contributed by atoms with Crippen molar-refractivity contribution in [3.05, 3.63) is 38.9 Å². The number of alkyl halides is 7. The average molecular weight is 384 g/mol. The number of halogens is 8. The Morgan fingerprint density at radius 1 is 1.17 bits per heavy atom. The standard InChI is InChI=1S/C11H5ClF7NO4/c12-6-2-1-5(7(3-6)20(22)23)4-24-8(21)9(13,14)10(15,16)11(17,18)19/h1-3H,4H2. The number of hydrogen-bond acceptors (Lipinski definition) is 4. The van der Waals surface area contributed by atoms with Gasteiger partial charge in [-0.3, -0.25) is 10.1 Å². The van der Waals surface area contributed by atoms with E-state index in [1.165, 1.54) is 0 Å². The van der Waals surface area contributed by atoms with Crippen molar-refractivity contribution in [2.75, 3.05) is 0 Å². The van der Waals surface area contributed by atoms with E-state index in [9.17, 15) is 45.6 Å². The maximum absolute atomic E-state index is 13.0. The van der Waals surface area contributed by atoms with Gasteiger partial charge in [0.1, 0.15) is 6.61 Å². The van der Waals surface area contributed by atoms with Gasteiger partial charge >= 0.3 is 24.0 Å². The lowest BCUT2D eigenvalue weighted by Gasteiger charge is -2.26. The molecule has 1 aromatic carbocycles. The first-order valence-electron chi connectivity index (χ1n) is 5.64. The van der Waals surface area contributed by atoms with E-state index in [0.29, 0.717) is 0 Å². The third kappa shape index (κ3) is 3.68. The lowest BCUT2D eigenvalue weighted by molar-refractivity contribution is -0.386. The number of nitro groups is 1. The quantitative estimate of drug-likeness (QED) is 0.332. The van der Waals surface area contributed by atoms with Gasteiger partial charge in [0.05, 0.1) is 10.5 Å². The van der Waals surface area contributed by atoms with Crippen molar-refractivity contribution in [2.45, 2.75) is 24.6 Å². The van der Waals surface area contributed by atoms with Crippen LogP contribution in [0.4, 0.5) is 36.4 Å². The van der Waals surface area contributed by atoms with Crippen molar-refractivity contribution < 1.29 is 45.2 Å². The molecule has 0 heterocycles. The van der Waals surface area contributed by atoms with Crippen molar-refractivity contribution >= 4 is 23.3 Å². The number of carbonyl (C=O) groups excluding carboxylic acids is 1. The van der Waals surface area contributed by atoms with Gasteiger partial charge in [-0.2, -0.15) is 30.7 Å². The van der Waals surface area contributed by atoms with Crippen LogP contribution in [0.1, 0.15) is 5.56 Å². The molecule has 1 rings (SSSR count). The van der Waals surface area contributed by atoms with Gasteiger partial charge in [-0.05, 0) is 12.1 Å². The minimum Gasteiger partial charge on any atom is -0.456 e. The highest BCUT2D eigenvalue weighted by Gasteiger charge is 2.77. The molecular weight excluding hydrogens is 379 g/mol. The third-order valence-electron chi connectivity index (χ3n) is 2.61. The molecule has 5 nitrogen and oxygen atoms in total. The summed E-state index contributed by atoms with van der Waals surface area (Å²) in [5.74, 6) is -16.1. The Kier molecular flexibility index (Phi) is 5.33. The molecular formula is C11H5ClF7NO4.